The van der Waals surface area contributed by atoms with Crippen molar-refractivity contribution in [1.29, 1.82) is 0 Å². The molecule has 0 saturated carbocycles. The maximum Gasteiger partial charge on any atom is 0.339 e. The van der Waals surface area contributed by atoms with Gasteiger partial charge in [0, 0.05) is 22.3 Å². The third-order valence-corrected chi connectivity index (χ3v) is 7.71. The van der Waals surface area contributed by atoms with Crippen molar-refractivity contribution in [2.45, 2.75) is 33.2 Å². The molecule has 0 amide bonds. The van der Waals surface area contributed by atoms with Crippen LogP contribution < -0.4 is 4.74 Å². The molecule has 0 radical (unpaired) electrons. The first kappa shape index (κ1) is 26.3. The molecule has 2 aromatic carbocycles. The number of carbonyl (C=O) groups excluding carboxylic acids is 2. The van der Waals surface area contributed by atoms with E-state index in [2.05, 4.69) is 6.08 Å². The summed E-state index contributed by atoms with van der Waals surface area (Å²) in [5.41, 5.74) is 7.24. The van der Waals surface area contributed by atoms with Gasteiger partial charge in [-0.15, -0.1) is 0 Å². The van der Waals surface area contributed by atoms with E-state index >= 15 is 0 Å². The number of aromatic nitrogens is 2. The second-order valence-electron chi connectivity index (χ2n) is 10.2. The molecule has 0 bridgehead atoms. The van der Waals surface area contributed by atoms with Gasteiger partial charge in [-0.2, -0.15) is 0 Å². The number of Topliss-reactive ketones (excluding diaryl/α,β-unsaturated/α-hetero) is 1. The topological polar surface area (TPSA) is 83.6 Å². The number of fused-ring (bicyclic) bond motifs is 2. The first-order chi connectivity index (χ1) is 19.9. The molecule has 3 aromatic heterocycles. The number of esters is 1. The molecule has 5 aromatic rings. The maximum atomic E-state index is 13.6. The summed E-state index contributed by atoms with van der Waals surface area (Å²) in [4.78, 5) is 31.8. The molecule has 0 aliphatic heterocycles. The van der Waals surface area contributed by atoms with Crippen LogP contribution in [-0.2, 0) is 17.7 Å². The number of ether oxygens (including phenoxy) is 2. The van der Waals surface area contributed by atoms with Gasteiger partial charge in [-0.05, 0) is 85.9 Å². The zero-order valence-electron chi connectivity index (χ0n) is 23.3. The minimum atomic E-state index is -0.511. The standard InChI is InChI=1S/C34H30N2O5/c1-21-17-29(22(2)36(21)19-26-7-6-16-40-26)31(37)20-41-34(38)32-27-8-4-5-9-30(27)35-33-24(12-15-28(32)33)18-23-10-13-25(39-3)14-11-23/h4-11,13-14,16-18H,12,15,19-20H2,1-3H3/b24-18+. The largest absolute Gasteiger partial charge is 0.497 e. The Bertz CT molecular complexity index is 1790. The number of hydrogen-bond donors (Lipinski definition) is 0. The van der Waals surface area contributed by atoms with Crippen molar-refractivity contribution < 1.29 is 23.5 Å². The van der Waals surface area contributed by atoms with Gasteiger partial charge in [-0.1, -0.05) is 30.3 Å². The molecule has 1 aliphatic rings. The molecular weight excluding hydrogens is 516 g/mol. The zero-order chi connectivity index (χ0) is 28.5. The summed E-state index contributed by atoms with van der Waals surface area (Å²) in [6.07, 6.45) is 5.16. The van der Waals surface area contributed by atoms with Gasteiger partial charge in [0.2, 0.25) is 5.78 Å². The van der Waals surface area contributed by atoms with Crippen LogP contribution in [0.25, 0.3) is 22.6 Å². The van der Waals surface area contributed by atoms with Gasteiger partial charge in [0.05, 0.1) is 36.7 Å². The van der Waals surface area contributed by atoms with Crippen molar-refractivity contribution in [3.8, 4) is 5.75 Å². The van der Waals surface area contributed by atoms with Crippen molar-refractivity contribution in [1.82, 2.24) is 9.55 Å². The summed E-state index contributed by atoms with van der Waals surface area (Å²) >= 11 is 0. The normalized spacial score (nSPS) is 13.5. The number of para-hydroxylation sites is 1. The molecule has 206 valence electrons. The Labute approximate surface area is 238 Å². The van der Waals surface area contributed by atoms with Crippen LogP contribution in [0.3, 0.4) is 0 Å². The molecule has 0 N–H and O–H groups in total. The van der Waals surface area contributed by atoms with E-state index in [1.165, 1.54) is 0 Å². The fraction of sp³-hybridized carbons (Fsp3) is 0.206. The number of pyridine rings is 1. The third-order valence-electron chi connectivity index (χ3n) is 7.71. The summed E-state index contributed by atoms with van der Waals surface area (Å²) in [6.45, 7) is 4.02. The van der Waals surface area contributed by atoms with Crippen LogP contribution in [-0.4, -0.2) is 35.0 Å². The quantitative estimate of drug-likeness (QED) is 0.157. The fourth-order valence-corrected chi connectivity index (χ4v) is 5.58. The lowest BCUT2D eigenvalue weighted by Crippen LogP contribution is -2.17. The Kier molecular flexibility index (Phi) is 7.01. The average molecular weight is 547 g/mol. The van der Waals surface area contributed by atoms with Gasteiger partial charge in [-0.25, -0.2) is 9.78 Å². The summed E-state index contributed by atoms with van der Waals surface area (Å²) < 4.78 is 18.5. The van der Waals surface area contributed by atoms with Crippen LogP contribution in [0.15, 0.2) is 77.4 Å². The molecule has 0 spiro atoms. The van der Waals surface area contributed by atoms with Crippen LogP contribution in [0.2, 0.25) is 0 Å². The second-order valence-corrected chi connectivity index (χ2v) is 10.2. The first-order valence-electron chi connectivity index (χ1n) is 13.6. The fourth-order valence-electron chi connectivity index (χ4n) is 5.58. The monoisotopic (exact) mass is 546 g/mol. The lowest BCUT2D eigenvalue weighted by Gasteiger charge is -2.12. The molecule has 0 saturated heterocycles. The minimum Gasteiger partial charge on any atom is -0.497 e. The maximum absolute atomic E-state index is 13.6. The van der Waals surface area contributed by atoms with Crippen LogP contribution >= 0.6 is 0 Å². The molecule has 7 nitrogen and oxygen atoms in total. The average Bonchev–Trinajstić information content (AvgIpc) is 3.72. The predicted octanol–water partition coefficient (Wildman–Crippen LogP) is 6.83. The molecule has 41 heavy (non-hydrogen) atoms. The lowest BCUT2D eigenvalue weighted by atomic mass is 10.0. The molecule has 0 atom stereocenters. The number of aryl methyl sites for hydroxylation is 1. The van der Waals surface area contributed by atoms with E-state index in [1.54, 1.807) is 13.4 Å². The van der Waals surface area contributed by atoms with Crippen LogP contribution in [0, 0.1) is 13.8 Å². The van der Waals surface area contributed by atoms with Crippen molar-refractivity contribution in [2.75, 3.05) is 13.7 Å². The highest BCUT2D eigenvalue weighted by Gasteiger charge is 2.28. The Morgan fingerprint density at radius 3 is 2.59 bits per heavy atom. The van der Waals surface area contributed by atoms with Gasteiger partial charge in [0.15, 0.2) is 6.61 Å². The van der Waals surface area contributed by atoms with E-state index in [9.17, 15) is 9.59 Å². The van der Waals surface area contributed by atoms with E-state index in [4.69, 9.17) is 18.9 Å². The van der Waals surface area contributed by atoms with Gasteiger partial charge in [0.25, 0.3) is 0 Å². The van der Waals surface area contributed by atoms with E-state index in [-0.39, 0.29) is 12.4 Å². The Hall–Kier alpha value is -4.91. The van der Waals surface area contributed by atoms with E-state index < -0.39 is 5.97 Å². The summed E-state index contributed by atoms with van der Waals surface area (Å²) in [5, 5.41) is 0.728. The number of hydrogen-bond acceptors (Lipinski definition) is 6. The number of rotatable bonds is 8. The van der Waals surface area contributed by atoms with Gasteiger partial charge >= 0.3 is 5.97 Å². The van der Waals surface area contributed by atoms with Crippen LogP contribution in [0.1, 0.15) is 61.1 Å². The number of allylic oxidation sites excluding steroid dienone is 1. The highest BCUT2D eigenvalue weighted by atomic mass is 16.5. The van der Waals surface area contributed by atoms with Crippen LogP contribution in [0.5, 0.6) is 5.75 Å². The Morgan fingerprint density at radius 1 is 1.02 bits per heavy atom. The van der Waals surface area contributed by atoms with Crippen molar-refractivity contribution in [3.05, 3.63) is 118 Å². The van der Waals surface area contributed by atoms with E-state index in [0.717, 1.165) is 57.1 Å². The molecule has 3 heterocycles. The SMILES string of the molecule is COc1ccc(/C=C2\CCc3c2nc2ccccc2c3C(=O)OCC(=O)c2cc(C)n(Cc3ccco3)c2C)cc1. The number of benzene rings is 2. The summed E-state index contributed by atoms with van der Waals surface area (Å²) in [7, 11) is 1.64. The number of nitrogens with zero attached hydrogens (tertiary/aromatic N) is 2. The lowest BCUT2D eigenvalue weighted by molar-refractivity contribution is 0.0475. The summed E-state index contributed by atoms with van der Waals surface area (Å²) in [6, 6.07) is 21.0. The van der Waals surface area contributed by atoms with Gasteiger partial charge in [-0.3, -0.25) is 4.79 Å². The number of methoxy groups -OCH3 is 1. The van der Waals surface area contributed by atoms with Crippen molar-refractivity contribution in [3.63, 3.8) is 0 Å². The highest BCUT2D eigenvalue weighted by Crippen LogP contribution is 2.38. The van der Waals surface area contributed by atoms with Crippen LogP contribution in [0.4, 0.5) is 0 Å². The Morgan fingerprint density at radius 2 is 1.83 bits per heavy atom. The first-order valence-corrected chi connectivity index (χ1v) is 13.6. The molecule has 0 unspecified atom stereocenters. The molecule has 6 rings (SSSR count). The second kappa shape index (κ2) is 10.9. The Balaban J connectivity index is 1.27. The zero-order valence-corrected chi connectivity index (χ0v) is 23.3. The van der Waals surface area contributed by atoms with E-state index in [1.807, 2.05) is 85.1 Å². The van der Waals surface area contributed by atoms with E-state index in [0.29, 0.717) is 29.6 Å². The molecule has 0 fully saturated rings. The number of furan rings is 1. The highest BCUT2D eigenvalue weighted by molar-refractivity contribution is 6.08. The van der Waals surface area contributed by atoms with Gasteiger partial charge in [0.1, 0.15) is 11.5 Å². The number of carbonyl (C=O) groups is 2. The minimum absolute atomic E-state index is 0.243. The van der Waals surface area contributed by atoms with Gasteiger partial charge < -0.3 is 18.5 Å². The molecule has 1 aliphatic carbocycles. The number of ketones is 1. The van der Waals surface area contributed by atoms with Crippen molar-refractivity contribution >= 4 is 34.3 Å². The smallest absolute Gasteiger partial charge is 0.339 e. The predicted molar refractivity (Wildman–Crippen MR) is 157 cm³/mol. The molecular formula is C34H30N2O5. The molecule has 7 heteroatoms. The van der Waals surface area contributed by atoms with Crippen molar-refractivity contribution in [2.24, 2.45) is 0 Å². The summed E-state index contributed by atoms with van der Waals surface area (Å²) in [5.74, 6) is 0.841. The third kappa shape index (κ3) is 5.07.